The number of hydrogen-bond donors (Lipinski definition) is 0. The van der Waals surface area contributed by atoms with Gasteiger partial charge >= 0.3 is 0 Å². The van der Waals surface area contributed by atoms with E-state index in [-0.39, 0.29) is 0 Å². The van der Waals surface area contributed by atoms with E-state index in [1.807, 2.05) is 30.3 Å². The van der Waals surface area contributed by atoms with Crippen LogP contribution in [0.1, 0.15) is 0 Å². The van der Waals surface area contributed by atoms with Gasteiger partial charge in [0, 0.05) is 32.5 Å². The van der Waals surface area contributed by atoms with Crippen molar-refractivity contribution in [3.05, 3.63) is 140 Å². The molecule has 3 heterocycles. The maximum absolute atomic E-state index is 6.40. The Morgan fingerprint density at radius 2 is 1.09 bits per heavy atom. The van der Waals surface area contributed by atoms with Crippen molar-refractivity contribution in [1.29, 1.82) is 0 Å². The molecule has 0 spiro atoms. The van der Waals surface area contributed by atoms with Crippen LogP contribution in [0.15, 0.2) is 144 Å². The highest BCUT2D eigenvalue weighted by atomic mass is 16.3. The van der Waals surface area contributed by atoms with Gasteiger partial charge in [-0.05, 0) is 69.4 Å². The topological polar surface area (TPSA) is 43.9 Å². The second kappa shape index (κ2) is 8.68. The van der Waals surface area contributed by atoms with E-state index in [1.165, 1.54) is 53.9 Å². The second-order valence-corrected chi connectivity index (χ2v) is 12.1. The first-order chi connectivity index (χ1) is 22.8. The smallest absolute Gasteiger partial charge is 0.165 e. The number of furan rings is 1. The molecule has 11 rings (SSSR count). The molecule has 0 radical (unpaired) electrons. The average Bonchev–Trinajstić information content (AvgIpc) is 3.66. The molecule has 46 heavy (non-hydrogen) atoms. The largest absolute Gasteiger partial charge is 0.456 e. The molecule has 8 aromatic carbocycles. The van der Waals surface area contributed by atoms with Gasteiger partial charge in [0.2, 0.25) is 0 Å². The van der Waals surface area contributed by atoms with Crippen molar-refractivity contribution in [2.45, 2.75) is 0 Å². The summed E-state index contributed by atoms with van der Waals surface area (Å²) >= 11 is 0. The number of nitrogens with zero attached hydrogens (tertiary/aromatic N) is 3. The van der Waals surface area contributed by atoms with Gasteiger partial charge in [-0.15, -0.1) is 0 Å². The Kier molecular flexibility index (Phi) is 4.55. The quantitative estimate of drug-likeness (QED) is 0.190. The molecule has 0 unspecified atom stereocenters. The molecule has 0 aliphatic rings. The summed E-state index contributed by atoms with van der Waals surface area (Å²) in [7, 11) is 0. The minimum atomic E-state index is 0.820. The first-order valence-electron chi connectivity index (χ1n) is 15.6. The SMILES string of the molecule is c1ccc(-c2nc3ccccc3nc2-n2c3cc4ccccc4cc3c3c4c(ccc32)c2cccc3oc5cccc4c5c32)cc1. The molecular weight excluding hydrogens is 562 g/mol. The Labute approximate surface area is 262 Å². The Morgan fingerprint density at radius 3 is 1.89 bits per heavy atom. The number of aromatic nitrogens is 3. The third-order valence-corrected chi connectivity index (χ3v) is 9.69. The Balaban J connectivity index is 1.41. The molecule has 0 aliphatic carbocycles. The number of rotatable bonds is 2. The minimum Gasteiger partial charge on any atom is -0.456 e. The van der Waals surface area contributed by atoms with Crippen LogP contribution in [0.25, 0.3) is 104 Å². The Hall–Kier alpha value is -6.26. The lowest BCUT2D eigenvalue weighted by Crippen LogP contribution is -2.03. The fraction of sp³-hybridized carbons (Fsp3) is 0. The fourth-order valence-corrected chi connectivity index (χ4v) is 7.76. The summed E-state index contributed by atoms with van der Waals surface area (Å²) in [5.74, 6) is 0.820. The number of benzene rings is 8. The first kappa shape index (κ1) is 24.1. The van der Waals surface area contributed by atoms with Crippen LogP contribution in [0.5, 0.6) is 0 Å². The highest BCUT2D eigenvalue weighted by Gasteiger charge is 2.24. The zero-order valence-electron chi connectivity index (χ0n) is 24.5. The third kappa shape index (κ3) is 3.07. The van der Waals surface area contributed by atoms with Crippen molar-refractivity contribution in [2.24, 2.45) is 0 Å². The normalized spacial score (nSPS) is 12.3. The van der Waals surface area contributed by atoms with Crippen molar-refractivity contribution in [3.8, 4) is 17.1 Å². The highest BCUT2D eigenvalue weighted by Crippen LogP contribution is 2.47. The molecular formula is C42H23N3O. The predicted octanol–water partition coefficient (Wildman–Crippen LogP) is 11.2. The molecule has 0 amide bonds. The van der Waals surface area contributed by atoms with Crippen LogP contribution in [-0.4, -0.2) is 14.5 Å². The minimum absolute atomic E-state index is 0.820. The van der Waals surface area contributed by atoms with Gasteiger partial charge in [-0.25, -0.2) is 9.97 Å². The predicted molar refractivity (Wildman–Crippen MR) is 190 cm³/mol. The first-order valence-corrected chi connectivity index (χ1v) is 15.6. The van der Waals surface area contributed by atoms with E-state index in [0.29, 0.717) is 0 Å². The third-order valence-electron chi connectivity index (χ3n) is 9.69. The number of hydrogen-bond acceptors (Lipinski definition) is 3. The van der Waals surface area contributed by atoms with Crippen molar-refractivity contribution in [3.63, 3.8) is 0 Å². The molecule has 212 valence electrons. The average molecular weight is 586 g/mol. The highest BCUT2D eigenvalue weighted by molar-refractivity contribution is 6.39. The lowest BCUT2D eigenvalue weighted by atomic mass is 9.91. The van der Waals surface area contributed by atoms with Gasteiger partial charge in [0.1, 0.15) is 16.9 Å². The van der Waals surface area contributed by atoms with Gasteiger partial charge in [-0.2, -0.15) is 0 Å². The van der Waals surface area contributed by atoms with E-state index in [1.54, 1.807) is 0 Å². The van der Waals surface area contributed by atoms with Gasteiger partial charge < -0.3 is 4.42 Å². The molecule has 3 aromatic heterocycles. The molecule has 0 N–H and O–H groups in total. The lowest BCUT2D eigenvalue weighted by molar-refractivity contribution is 0.669. The van der Waals surface area contributed by atoms with Crippen LogP contribution in [0.2, 0.25) is 0 Å². The maximum Gasteiger partial charge on any atom is 0.165 e. The Morgan fingerprint density at radius 1 is 0.435 bits per heavy atom. The van der Waals surface area contributed by atoms with Crippen molar-refractivity contribution in [1.82, 2.24) is 14.5 Å². The van der Waals surface area contributed by atoms with Crippen LogP contribution in [0.3, 0.4) is 0 Å². The van der Waals surface area contributed by atoms with E-state index in [0.717, 1.165) is 50.3 Å². The lowest BCUT2D eigenvalue weighted by Gasteiger charge is -2.14. The van der Waals surface area contributed by atoms with Crippen molar-refractivity contribution < 1.29 is 4.42 Å². The van der Waals surface area contributed by atoms with Crippen LogP contribution in [0, 0.1) is 0 Å². The van der Waals surface area contributed by atoms with Gasteiger partial charge in [-0.1, -0.05) is 97.1 Å². The zero-order chi connectivity index (χ0) is 29.9. The summed E-state index contributed by atoms with van der Waals surface area (Å²) in [4.78, 5) is 10.6. The molecule has 0 aliphatic heterocycles. The van der Waals surface area contributed by atoms with Crippen LogP contribution in [0.4, 0.5) is 0 Å². The molecule has 0 fully saturated rings. The maximum atomic E-state index is 6.40. The van der Waals surface area contributed by atoms with E-state index in [9.17, 15) is 0 Å². The van der Waals surface area contributed by atoms with Crippen LogP contribution in [-0.2, 0) is 0 Å². The molecule has 4 nitrogen and oxygen atoms in total. The zero-order valence-corrected chi connectivity index (χ0v) is 24.5. The molecule has 0 saturated heterocycles. The molecule has 0 atom stereocenters. The van der Waals surface area contributed by atoms with E-state index >= 15 is 0 Å². The second-order valence-electron chi connectivity index (χ2n) is 12.1. The summed E-state index contributed by atoms with van der Waals surface area (Å²) in [6.45, 7) is 0. The van der Waals surface area contributed by atoms with Crippen molar-refractivity contribution in [2.75, 3.05) is 0 Å². The van der Waals surface area contributed by atoms with Gasteiger partial charge in [0.15, 0.2) is 5.82 Å². The van der Waals surface area contributed by atoms with Gasteiger partial charge in [0.05, 0.1) is 22.1 Å². The fourth-order valence-electron chi connectivity index (χ4n) is 7.76. The van der Waals surface area contributed by atoms with Crippen molar-refractivity contribution >= 4 is 87.1 Å². The molecule has 0 bridgehead atoms. The van der Waals surface area contributed by atoms with Crippen LogP contribution < -0.4 is 0 Å². The monoisotopic (exact) mass is 585 g/mol. The summed E-state index contributed by atoms with van der Waals surface area (Å²) in [5, 5.41) is 12.1. The van der Waals surface area contributed by atoms with Gasteiger partial charge in [-0.3, -0.25) is 4.57 Å². The molecule has 4 heteroatoms. The number of para-hydroxylation sites is 2. The molecule has 0 saturated carbocycles. The van der Waals surface area contributed by atoms with Gasteiger partial charge in [0.25, 0.3) is 0 Å². The molecule has 11 aromatic rings. The standard InChI is InChI=1S/C42H23N3O/c1-2-10-24(11-3-1)41-42(44-32-17-7-6-16-31(32)43-41)45-33-21-20-28-27-14-8-18-35-39(27)40-29(15-9-19-36(40)46-35)37(28)38(33)30-22-25-12-4-5-13-26(25)23-34(30)45/h1-23H. The summed E-state index contributed by atoms with van der Waals surface area (Å²) in [6, 6.07) is 49.3. The number of fused-ring (bicyclic) bond motifs is 9. The summed E-state index contributed by atoms with van der Waals surface area (Å²) in [6.07, 6.45) is 0. The van der Waals surface area contributed by atoms with Crippen LogP contribution >= 0.6 is 0 Å². The van der Waals surface area contributed by atoms with E-state index < -0.39 is 0 Å². The summed E-state index contributed by atoms with van der Waals surface area (Å²) < 4.78 is 8.74. The summed E-state index contributed by atoms with van der Waals surface area (Å²) in [5.41, 5.74) is 7.68. The van der Waals surface area contributed by atoms with E-state index in [4.69, 9.17) is 14.4 Å². The van der Waals surface area contributed by atoms with E-state index in [2.05, 4.69) is 114 Å². The Bertz CT molecular complexity index is 3020.